The summed E-state index contributed by atoms with van der Waals surface area (Å²) >= 11 is 0. The van der Waals surface area contributed by atoms with Gasteiger partial charge in [-0.1, -0.05) is 12.1 Å². The Balaban J connectivity index is 0.00000261. The number of amides is 3. The van der Waals surface area contributed by atoms with Gasteiger partial charge in [0.25, 0.3) is 0 Å². The van der Waals surface area contributed by atoms with Gasteiger partial charge in [-0.2, -0.15) is 0 Å². The van der Waals surface area contributed by atoms with Gasteiger partial charge in [-0.25, -0.2) is 9.18 Å². The summed E-state index contributed by atoms with van der Waals surface area (Å²) in [4.78, 5) is 26.4. The third kappa shape index (κ3) is 6.07. The highest BCUT2D eigenvalue weighted by molar-refractivity contribution is 5.90. The zero-order chi connectivity index (χ0) is 18.4. The number of urea groups is 1. The van der Waals surface area contributed by atoms with Crippen molar-refractivity contribution in [3.05, 3.63) is 30.1 Å². The Labute approximate surface area is 165 Å². The Bertz CT molecular complexity index is 640. The predicted molar refractivity (Wildman–Crippen MR) is 106 cm³/mol. The summed E-state index contributed by atoms with van der Waals surface area (Å²) < 4.78 is 13.7. The second kappa shape index (κ2) is 10.5. The molecule has 150 valence electrons. The van der Waals surface area contributed by atoms with Crippen LogP contribution in [-0.4, -0.2) is 49.6 Å². The maximum absolute atomic E-state index is 13.7. The highest BCUT2D eigenvalue weighted by Crippen LogP contribution is 2.19. The molecule has 0 aromatic heterocycles. The number of carbonyl (C=O) groups is 2. The van der Waals surface area contributed by atoms with Crippen LogP contribution in [0.2, 0.25) is 0 Å². The summed E-state index contributed by atoms with van der Waals surface area (Å²) in [6.07, 6.45) is 3.71. The summed E-state index contributed by atoms with van der Waals surface area (Å²) in [6.45, 7) is 3.73. The SMILES string of the molecule is Cl.O=C(NCCC1CCNC1)C1CCCN(C(=O)Nc2ccccc2F)C1. The topological polar surface area (TPSA) is 73.5 Å². The van der Waals surface area contributed by atoms with Gasteiger partial charge < -0.3 is 20.9 Å². The molecule has 0 saturated carbocycles. The fourth-order valence-corrected chi connectivity index (χ4v) is 3.64. The number of hydrogen-bond donors (Lipinski definition) is 3. The second-order valence-electron chi connectivity index (χ2n) is 7.13. The minimum Gasteiger partial charge on any atom is -0.356 e. The van der Waals surface area contributed by atoms with E-state index in [1.807, 2.05) is 0 Å². The fraction of sp³-hybridized carbons (Fsp3) is 0.579. The maximum Gasteiger partial charge on any atom is 0.321 e. The molecule has 3 rings (SSSR count). The van der Waals surface area contributed by atoms with Crippen LogP contribution in [0.1, 0.15) is 25.7 Å². The number of nitrogens with one attached hydrogen (secondary N) is 3. The summed E-state index contributed by atoms with van der Waals surface area (Å²) in [7, 11) is 0. The summed E-state index contributed by atoms with van der Waals surface area (Å²) in [5, 5.41) is 8.93. The molecule has 27 heavy (non-hydrogen) atoms. The van der Waals surface area contributed by atoms with Crippen LogP contribution in [0.25, 0.3) is 0 Å². The number of hydrogen-bond acceptors (Lipinski definition) is 3. The number of halogens is 2. The van der Waals surface area contributed by atoms with E-state index in [0.29, 0.717) is 25.6 Å². The molecule has 2 aliphatic rings. The van der Waals surface area contributed by atoms with Crippen molar-refractivity contribution < 1.29 is 14.0 Å². The van der Waals surface area contributed by atoms with Gasteiger partial charge in [0.2, 0.25) is 5.91 Å². The third-order valence-electron chi connectivity index (χ3n) is 5.21. The summed E-state index contributed by atoms with van der Waals surface area (Å²) in [5.41, 5.74) is 0.161. The Hall–Kier alpha value is -1.86. The number of para-hydroxylation sites is 1. The smallest absolute Gasteiger partial charge is 0.321 e. The fourth-order valence-electron chi connectivity index (χ4n) is 3.64. The lowest BCUT2D eigenvalue weighted by molar-refractivity contribution is -0.126. The molecule has 3 amide bonds. The van der Waals surface area contributed by atoms with Crippen molar-refractivity contribution in [1.29, 1.82) is 0 Å². The van der Waals surface area contributed by atoms with Gasteiger partial charge in [0, 0.05) is 19.6 Å². The first-order chi connectivity index (χ1) is 12.6. The van der Waals surface area contributed by atoms with Crippen LogP contribution in [0.15, 0.2) is 24.3 Å². The number of carbonyl (C=O) groups excluding carboxylic acids is 2. The molecule has 8 heteroatoms. The van der Waals surface area contributed by atoms with Gasteiger partial charge in [-0.3, -0.25) is 4.79 Å². The quantitative estimate of drug-likeness (QED) is 0.713. The summed E-state index contributed by atoms with van der Waals surface area (Å²) in [6, 6.07) is 5.73. The molecule has 0 radical (unpaired) electrons. The highest BCUT2D eigenvalue weighted by Gasteiger charge is 2.28. The van der Waals surface area contributed by atoms with Gasteiger partial charge in [0.05, 0.1) is 11.6 Å². The van der Waals surface area contributed by atoms with Crippen molar-refractivity contribution in [1.82, 2.24) is 15.5 Å². The Morgan fingerprint density at radius 2 is 2.07 bits per heavy atom. The first kappa shape index (κ1) is 21.4. The largest absolute Gasteiger partial charge is 0.356 e. The standard InChI is InChI=1S/C19H27FN4O2.ClH/c20-16-5-1-2-6-17(16)23-19(26)24-11-3-4-15(13-24)18(25)22-10-8-14-7-9-21-12-14;/h1-2,5-6,14-15,21H,3-4,7-13H2,(H,22,25)(H,23,26);1H. The van der Waals surface area contributed by atoms with Gasteiger partial charge in [0.1, 0.15) is 5.82 Å². The van der Waals surface area contributed by atoms with Gasteiger partial charge in [-0.15, -0.1) is 12.4 Å². The van der Waals surface area contributed by atoms with Gasteiger partial charge in [0.15, 0.2) is 0 Å². The van der Waals surface area contributed by atoms with Crippen molar-refractivity contribution >= 4 is 30.0 Å². The van der Waals surface area contributed by atoms with Gasteiger partial charge in [-0.05, 0) is 56.8 Å². The van der Waals surface area contributed by atoms with Crippen LogP contribution in [-0.2, 0) is 4.79 Å². The number of benzene rings is 1. The maximum atomic E-state index is 13.7. The number of piperidine rings is 1. The molecule has 3 N–H and O–H groups in total. The number of likely N-dealkylation sites (tertiary alicyclic amines) is 1. The molecule has 0 spiro atoms. The molecule has 2 saturated heterocycles. The predicted octanol–water partition coefficient (Wildman–Crippen LogP) is 2.61. The highest BCUT2D eigenvalue weighted by atomic mass is 35.5. The Morgan fingerprint density at radius 3 is 2.81 bits per heavy atom. The lowest BCUT2D eigenvalue weighted by Gasteiger charge is -2.32. The molecule has 2 atom stereocenters. The lowest BCUT2D eigenvalue weighted by Crippen LogP contribution is -2.47. The molecular formula is C19H28ClFN4O2. The zero-order valence-corrected chi connectivity index (χ0v) is 16.2. The molecule has 0 bridgehead atoms. The molecule has 1 aromatic carbocycles. The van der Waals surface area contributed by atoms with Crippen LogP contribution in [0.4, 0.5) is 14.9 Å². The van der Waals surface area contributed by atoms with E-state index < -0.39 is 5.82 Å². The van der Waals surface area contributed by atoms with Crippen molar-refractivity contribution in [3.8, 4) is 0 Å². The van der Waals surface area contributed by atoms with Crippen molar-refractivity contribution in [2.75, 3.05) is 38.0 Å². The minimum atomic E-state index is -0.464. The van der Waals surface area contributed by atoms with Crippen LogP contribution < -0.4 is 16.0 Å². The van der Waals surface area contributed by atoms with E-state index in [1.165, 1.54) is 18.6 Å². The average molecular weight is 399 g/mol. The Morgan fingerprint density at radius 1 is 1.26 bits per heavy atom. The normalized spacial score (nSPS) is 22.0. The van der Waals surface area contributed by atoms with E-state index >= 15 is 0 Å². The van der Waals surface area contributed by atoms with Crippen molar-refractivity contribution in [2.45, 2.75) is 25.7 Å². The Kier molecular flexibility index (Phi) is 8.31. The molecule has 2 unspecified atom stereocenters. The molecule has 1 aromatic rings. The van der Waals surface area contributed by atoms with E-state index in [-0.39, 0.29) is 36.0 Å². The summed E-state index contributed by atoms with van der Waals surface area (Å²) in [5.74, 6) is -0.00516. The first-order valence-corrected chi connectivity index (χ1v) is 9.42. The number of nitrogens with zero attached hydrogens (tertiary/aromatic N) is 1. The molecule has 0 aliphatic carbocycles. The van der Waals surface area contributed by atoms with Crippen LogP contribution in [0.3, 0.4) is 0 Å². The van der Waals surface area contributed by atoms with E-state index in [9.17, 15) is 14.0 Å². The monoisotopic (exact) mass is 398 g/mol. The average Bonchev–Trinajstić information content (AvgIpc) is 3.17. The van der Waals surface area contributed by atoms with Crippen LogP contribution >= 0.6 is 12.4 Å². The van der Waals surface area contributed by atoms with Crippen molar-refractivity contribution in [2.24, 2.45) is 11.8 Å². The van der Waals surface area contributed by atoms with E-state index in [4.69, 9.17) is 0 Å². The molecular weight excluding hydrogens is 371 g/mol. The van der Waals surface area contributed by atoms with Crippen LogP contribution in [0.5, 0.6) is 0 Å². The first-order valence-electron chi connectivity index (χ1n) is 9.42. The van der Waals surface area contributed by atoms with Gasteiger partial charge >= 0.3 is 6.03 Å². The molecule has 2 aliphatic heterocycles. The molecule has 6 nitrogen and oxygen atoms in total. The lowest BCUT2D eigenvalue weighted by atomic mass is 9.97. The second-order valence-corrected chi connectivity index (χ2v) is 7.13. The van der Waals surface area contributed by atoms with E-state index in [0.717, 1.165) is 32.4 Å². The molecule has 2 heterocycles. The third-order valence-corrected chi connectivity index (χ3v) is 5.21. The number of anilines is 1. The van der Waals surface area contributed by atoms with E-state index in [1.54, 1.807) is 17.0 Å². The number of rotatable bonds is 5. The minimum absolute atomic E-state index is 0. The van der Waals surface area contributed by atoms with E-state index in [2.05, 4.69) is 16.0 Å². The zero-order valence-electron chi connectivity index (χ0n) is 15.4. The van der Waals surface area contributed by atoms with Crippen molar-refractivity contribution in [3.63, 3.8) is 0 Å². The molecule has 2 fully saturated rings. The van der Waals surface area contributed by atoms with Crippen LogP contribution in [0, 0.1) is 17.7 Å².